The Hall–Kier alpha value is -2.83. The van der Waals surface area contributed by atoms with Gasteiger partial charge in [-0.05, 0) is 47.5 Å². The highest BCUT2D eigenvalue weighted by Crippen LogP contribution is 2.31. The van der Waals surface area contributed by atoms with Crippen LogP contribution >= 0.6 is 24.0 Å². The van der Waals surface area contributed by atoms with Crippen LogP contribution in [0, 0.1) is 0 Å². The van der Waals surface area contributed by atoms with Gasteiger partial charge in [-0.3, -0.25) is 9.78 Å². The highest BCUT2D eigenvalue weighted by Gasteiger charge is 2.27. The van der Waals surface area contributed by atoms with Crippen LogP contribution in [0.1, 0.15) is 16.8 Å². The number of anilines is 1. The number of rotatable bonds is 5. The number of hydrogen-bond donors (Lipinski definition) is 1. The molecular formula is C21H20Cl2N4O2. The molecule has 0 bridgehead atoms. The minimum atomic E-state index is -0.456. The number of carbonyl (C=O) groups excluding carboxylic acids is 1. The van der Waals surface area contributed by atoms with Crippen LogP contribution in [0.2, 0.25) is 5.02 Å². The summed E-state index contributed by atoms with van der Waals surface area (Å²) in [6, 6.07) is 13.1. The Bertz CT molecular complexity index is 1000. The van der Waals surface area contributed by atoms with Gasteiger partial charge in [0.05, 0.1) is 12.1 Å². The fourth-order valence-corrected chi connectivity index (χ4v) is 3.56. The molecule has 0 aliphatic carbocycles. The standard InChI is InChI=1S/C21H19ClN4O2.ClH/c22-18-2-1-8-25-21(18)28-16-7-11-26(13-16)19-4-3-15(12-17(19)20(23)27)14-5-9-24-10-6-14;/h1-6,8-10,12,16H,7,11,13H2,(H2,23,27);1H/t16-;/m0./s1. The van der Waals surface area contributed by atoms with Gasteiger partial charge in [0.15, 0.2) is 0 Å². The first-order valence-electron chi connectivity index (χ1n) is 8.98. The summed E-state index contributed by atoms with van der Waals surface area (Å²) in [6.07, 6.45) is 5.83. The van der Waals surface area contributed by atoms with E-state index in [2.05, 4.69) is 14.9 Å². The fourth-order valence-electron chi connectivity index (χ4n) is 3.39. The summed E-state index contributed by atoms with van der Waals surface area (Å²) >= 11 is 6.13. The van der Waals surface area contributed by atoms with Crippen LogP contribution < -0.4 is 15.4 Å². The van der Waals surface area contributed by atoms with Crippen molar-refractivity contribution in [3.05, 3.63) is 71.6 Å². The van der Waals surface area contributed by atoms with E-state index in [1.54, 1.807) is 30.7 Å². The highest BCUT2D eigenvalue weighted by atomic mass is 35.5. The van der Waals surface area contributed by atoms with Crippen molar-refractivity contribution in [2.24, 2.45) is 5.73 Å². The van der Waals surface area contributed by atoms with E-state index in [-0.39, 0.29) is 18.5 Å². The molecule has 1 atom stereocenters. The lowest BCUT2D eigenvalue weighted by atomic mass is 10.0. The lowest BCUT2D eigenvalue weighted by Gasteiger charge is -2.22. The molecule has 8 heteroatoms. The van der Waals surface area contributed by atoms with E-state index in [1.807, 2.05) is 30.3 Å². The Balaban J connectivity index is 0.00000240. The number of carbonyl (C=O) groups is 1. The Kier molecular flexibility index (Phi) is 6.56. The van der Waals surface area contributed by atoms with Crippen LogP contribution in [0.4, 0.5) is 5.69 Å². The van der Waals surface area contributed by atoms with Gasteiger partial charge in [0.2, 0.25) is 5.88 Å². The molecule has 1 aromatic carbocycles. The molecule has 1 aliphatic heterocycles. The van der Waals surface area contributed by atoms with Crippen molar-refractivity contribution < 1.29 is 9.53 Å². The average molecular weight is 431 g/mol. The van der Waals surface area contributed by atoms with Crippen molar-refractivity contribution in [1.82, 2.24) is 9.97 Å². The highest BCUT2D eigenvalue weighted by molar-refractivity contribution is 6.31. The number of aromatic nitrogens is 2. The molecular weight excluding hydrogens is 411 g/mol. The number of nitrogens with zero attached hydrogens (tertiary/aromatic N) is 3. The number of ether oxygens (including phenoxy) is 1. The lowest BCUT2D eigenvalue weighted by molar-refractivity contribution is 0.100. The van der Waals surface area contributed by atoms with E-state index in [0.717, 1.165) is 29.8 Å². The van der Waals surface area contributed by atoms with Crippen LogP contribution in [0.3, 0.4) is 0 Å². The van der Waals surface area contributed by atoms with Crippen LogP contribution in [-0.4, -0.2) is 35.1 Å². The number of halogens is 2. The summed E-state index contributed by atoms with van der Waals surface area (Å²) in [5.74, 6) is -0.0257. The maximum Gasteiger partial charge on any atom is 0.250 e. The zero-order chi connectivity index (χ0) is 19.5. The second-order valence-electron chi connectivity index (χ2n) is 6.60. The van der Waals surface area contributed by atoms with E-state index in [0.29, 0.717) is 23.0 Å². The smallest absolute Gasteiger partial charge is 0.250 e. The molecule has 4 rings (SSSR count). The van der Waals surface area contributed by atoms with Crippen LogP contribution in [0.15, 0.2) is 61.1 Å². The number of benzene rings is 1. The molecule has 3 heterocycles. The van der Waals surface area contributed by atoms with Gasteiger partial charge in [0, 0.05) is 37.2 Å². The average Bonchev–Trinajstić information content (AvgIpc) is 3.18. The fraction of sp³-hybridized carbons (Fsp3) is 0.190. The molecule has 2 aromatic heterocycles. The summed E-state index contributed by atoms with van der Waals surface area (Å²) in [4.78, 5) is 22.4. The first-order chi connectivity index (χ1) is 13.6. The summed E-state index contributed by atoms with van der Waals surface area (Å²) < 4.78 is 5.94. The topological polar surface area (TPSA) is 81.3 Å². The van der Waals surface area contributed by atoms with Gasteiger partial charge in [0.1, 0.15) is 11.1 Å². The molecule has 3 aromatic rings. The molecule has 1 saturated heterocycles. The maximum atomic E-state index is 12.1. The first-order valence-corrected chi connectivity index (χ1v) is 9.36. The van der Waals surface area contributed by atoms with Gasteiger partial charge >= 0.3 is 0 Å². The second kappa shape index (κ2) is 9.11. The Morgan fingerprint density at radius 1 is 1.14 bits per heavy atom. The van der Waals surface area contributed by atoms with E-state index < -0.39 is 5.91 Å². The number of hydrogen-bond acceptors (Lipinski definition) is 5. The zero-order valence-corrected chi connectivity index (χ0v) is 17.1. The van der Waals surface area contributed by atoms with Crippen LogP contribution in [0.5, 0.6) is 5.88 Å². The minimum Gasteiger partial charge on any atom is -0.471 e. The van der Waals surface area contributed by atoms with Gasteiger partial charge in [-0.25, -0.2) is 4.98 Å². The third kappa shape index (κ3) is 4.60. The third-order valence-corrected chi connectivity index (χ3v) is 5.05. The molecule has 0 unspecified atom stereocenters. The molecule has 1 amide bonds. The molecule has 0 spiro atoms. The van der Waals surface area contributed by atoms with Crippen LogP contribution in [0.25, 0.3) is 11.1 Å². The van der Waals surface area contributed by atoms with Gasteiger partial charge in [-0.15, -0.1) is 12.4 Å². The second-order valence-corrected chi connectivity index (χ2v) is 7.00. The SMILES string of the molecule is Cl.NC(=O)c1cc(-c2ccncc2)ccc1N1CC[C@H](Oc2ncccc2Cl)C1. The van der Waals surface area contributed by atoms with Crippen molar-refractivity contribution >= 4 is 35.6 Å². The normalized spacial score (nSPS) is 15.6. The van der Waals surface area contributed by atoms with Crippen molar-refractivity contribution in [1.29, 1.82) is 0 Å². The predicted octanol–water partition coefficient (Wildman–Crippen LogP) is 3.98. The molecule has 2 N–H and O–H groups in total. The van der Waals surface area contributed by atoms with Crippen molar-refractivity contribution in [3.8, 4) is 17.0 Å². The largest absolute Gasteiger partial charge is 0.471 e. The van der Waals surface area contributed by atoms with Gasteiger partial charge in [-0.2, -0.15) is 0 Å². The first kappa shape index (κ1) is 20.9. The minimum absolute atomic E-state index is 0. The quantitative estimate of drug-likeness (QED) is 0.661. The number of amides is 1. The Morgan fingerprint density at radius 2 is 1.93 bits per heavy atom. The zero-order valence-electron chi connectivity index (χ0n) is 15.5. The van der Waals surface area contributed by atoms with Crippen molar-refractivity contribution in [2.75, 3.05) is 18.0 Å². The lowest BCUT2D eigenvalue weighted by Crippen LogP contribution is -2.27. The number of primary amides is 1. The van der Waals surface area contributed by atoms with Crippen LogP contribution in [-0.2, 0) is 0 Å². The van der Waals surface area contributed by atoms with E-state index >= 15 is 0 Å². The molecule has 150 valence electrons. The van der Waals surface area contributed by atoms with E-state index in [4.69, 9.17) is 22.1 Å². The summed E-state index contributed by atoms with van der Waals surface area (Å²) in [6.45, 7) is 1.38. The molecule has 29 heavy (non-hydrogen) atoms. The monoisotopic (exact) mass is 430 g/mol. The molecule has 0 radical (unpaired) electrons. The number of pyridine rings is 2. The van der Waals surface area contributed by atoms with Crippen molar-refractivity contribution in [3.63, 3.8) is 0 Å². The van der Waals surface area contributed by atoms with Gasteiger partial charge in [0.25, 0.3) is 5.91 Å². The van der Waals surface area contributed by atoms with Crippen molar-refractivity contribution in [2.45, 2.75) is 12.5 Å². The molecule has 1 fully saturated rings. The molecule has 0 saturated carbocycles. The Morgan fingerprint density at radius 3 is 2.66 bits per heavy atom. The maximum absolute atomic E-state index is 12.1. The van der Waals surface area contributed by atoms with Gasteiger partial charge < -0.3 is 15.4 Å². The summed E-state index contributed by atoms with van der Waals surface area (Å²) in [7, 11) is 0. The third-order valence-electron chi connectivity index (χ3n) is 4.76. The summed E-state index contributed by atoms with van der Waals surface area (Å²) in [5.41, 5.74) is 8.88. The number of nitrogens with two attached hydrogens (primary N) is 1. The Labute approximate surface area is 180 Å². The van der Waals surface area contributed by atoms with E-state index in [1.165, 1.54) is 0 Å². The molecule has 6 nitrogen and oxygen atoms in total. The van der Waals surface area contributed by atoms with Gasteiger partial charge in [-0.1, -0.05) is 17.7 Å². The molecule has 1 aliphatic rings. The summed E-state index contributed by atoms with van der Waals surface area (Å²) in [5, 5.41) is 0.487. The predicted molar refractivity (Wildman–Crippen MR) is 116 cm³/mol. The van der Waals surface area contributed by atoms with E-state index in [9.17, 15) is 4.79 Å².